The van der Waals surface area contributed by atoms with Gasteiger partial charge in [0.1, 0.15) is 12.7 Å². The number of hydrogen-bond acceptors (Lipinski definition) is 5. The van der Waals surface area contributed by atoms with Crippen LogP contribution in [0.5, 0.6) is 0 Å². The molecule has 0 saturated heterocycles. The van der Waals surface area contributed by atoms with Gasteiger partial charge in [0.25, 0.3) is 5.56 Å². The number of rotatable bonds is 3. The highest BCUT2D eigenvalue weighted by Crippen LogP contribution is 2.18. The molecule has 0 spiro atoms. The zero-order valence-corrected chi connectivity index (χ0v) is 12.9. The smallest absolute Gasteiger partial charge is 0.280 e. The third-order valence-corrected chi connectivity index (χ3v) is 4.02. The highest BCUT2D eigenvalue weighted by molar-refractivity contribution is 5.72. The molecule has 0 unspecified atom stereocenters. The van der Waals surface area contributed by atoms with Gasteiger partial charge in [-0.15, -0.1) is 0 Å². The van der Waals surface area contributed by atoms with Crippen molar-refractivity contribution in [1.82, 2.24) is 29.3 Å². The molecule has 0 aliphatic rings. The van der Waals surface area contributed by atoms with Gasteiger partial charge in [-0.25, -0.2) is 19.6 Å². The first-order chi connectivity index (χ1) is 11.7. The van der Waals surface area contributed by atoms with Gasteiger partial charge in [0, 0.05) is 6.20 Å². The van der Waals surface area contributed by atoms with E-state index in [1.165, 1.54) is 6.33 Å². The van der Waals surface area contributed by atoms with Crippen LogP contribution in [-0.4, -0.2) is 29.3 Å². The Kier molecular flexibility index (Phi) is 3.38. The summed E-state index contributed by atoms with van der Waals surface area (Å²) in [7, 11) is 0. The Hall–Kier alpha value is -3.35. The zero-order valence-electron chi connectivity index (χ0n) is 12.9. The number of hydrogen-bond donors (Lipinski definition) is 0. The van der Waals surface area contributed by atoms with Crippen molar-refractivity contribution in [2.24, 2.45) is 0 Å². The van der Waals surface area contributed by atoms with E-state index in [0.29, 0.717) is 11.0 Å². The van der Waals surface area contributed by atoms with E-state index in [4.69, 9.17) is 0 Å². The van der Waals surface area contributed by atoms with E-state index in [2.05, 4.69) is 20.1 Å². The Morgan fingerprint density at radius 1 is 1.04 bits per heavy atom. The van der Waals surface area contributed by atoms with Gasteiger partial charge in [-0.2, -0.15) is 5.10 Å². The predicted molar refractivity (Wildman–Crippen MR) is 89.0 cm³/mol. The highest BCUT2D eigenvalue weighted by atomic mass is 16.1. The standard InChI is InChI=1S/C17H14N6O/c1-12(13-4-6-14(7-5-13)23-10-18-9-21-23)22-11-20-15-3-2-8-19-16(15)17(22)24/h2-12H,1H3/t12-/m1/s1. The molecule has 0 N–H and O–H groups in total. The molecule has 0 amide bonds. The summed E-state index contributed by atoms with van der Waals surface area (Å²) in [5.74, 6) is 0. The largest absolute Gasteiger partial charge is 0.290 e. The number of aromatic nitrogens is 6. The summed E-state index contributed by atoms with van der Waals surface area (Å²) < 4.78 is 3.28. The molecular weight excluding hydrogens is 304 g/mol. The van der Waals surface area contributed by atoms with E-state index in [0.717, 1.165) is 11.3 Å². The minimum atomic E-state index is -0.152. The molecule has 1 atom stereocenters. The van der Waals surface area contributed by atoms with Crippen LogP contribution in [0.25, 0.3) is 16.7 Å². The maximum atomic E-state index is 12.6. The third-order valence-electron chi connectivity index (χ3n) is 4.02. The van der Waals surface area contributed by atoms with Crippen molar-refractivity contribution in [2.45, 2.75) is 13.0 Å². The van der Waals surface area contributed by atoms with Crippen LogP contribution in [0.15, 0.2) is 66.4 Å². The summed E-state index contributed by atoms with van der Waals surface area (Å²) in [6.07, 6.45) is 6.31. The molecule has 1 aromatic carbocycles. The van der Waals surface area contributed by atoms with Crippen LogP contribution in [0.4, 0.5) is 0 Å². The van der Waals surface area contributed by atoms with Crippen LogP contribution in [0, 0.1) is 0 Å². The summed E-state index contributed by atoms with van der Waals surface area (Å²) >= 11 is 0. The van der Waals surface area contributed by atoms with Gasteiger partial charge < -0.3 is 0 Å². The second kappa shape index (κ2) is 5.69. The highest BCUT2D eigenvalue weighted by Gasteiger charge is 2.13. The Balaban J connectivity index is 1.72. The average Bonchev–Trinajstić information content (AvgIpc) is 3.17. The minimum Gasteiger partial charge on any atom is -0.290 e. The maximum absolute atomic E-state index is 12.6. The molecule has 24 heavy (non-hydrogen) atoms. The topological polar surface area (TPSA) is 78.5 Å². The minimum absolute atomic E-state index is 0.145. The molecular formula is C17H14N6O. The van der Waals surface area contributed by atoms with Crippen LogP contribution in [0.2, 0.25) is 0 Å². The number of benzene rings is 1. The maximum Gasteiger partial charge on any atom is 0.280 e. The fraction of sp³-hybridized carbons (Fsp3) is 0.118. The van der Waals surface area contributed by atoms with Crippen LogP contribution in [0.1, 0.15) is 18.5 Å². The van der Waals surface area contributed by atoms with Crippen molar-refractivity contribution in [3.63, 3.8) is 0 Å². The molecule has 3 heterocycles. The van der Waals surface area contributed by atoms with Crippen molar-refractivity contribution in [3.05, 3.63) is 77.5 Å². The van der Waals surface area contributed by atoms with E-state index in [-0.39, 0.29) is 11.6 Å². The molecule has 0 bridgehead atoms. The average molecular weight is 318 g/mol. The van der Waals surface area contributed by atoms with Gasteiger partial charge in [0.15, 0.2) is 5.52 Å². The Bertz CT molecular complexity index is 1040. The summed E-state index contributed by atoms with van der Waals surface area (Å²) in [6.45, 7) is 1.96. The molecule has 0 saturated carbocycles. The first-order valence-electron chi connectivity index (χ1n) is 7.51. The Morgan fingerprint density at radius 3 is 2.62 bits per heavy atom. The van der Waals surface area contributed by atoms with E-state index in [1.807, 2.05) is 31.2 Å². The van der Waals surface area contributed by atoms with E-state index < -0.39 is 0 Å². The lowest BCUT2D eigenvalue weighted by Crippen LogP contribution is -2.25. The molecule has 0 fully saturated rings. The van der Waals surface area contributed by atoms with Crippen LogP contribution in [-0.2, 0) is 0 Å². The van der Waals surface area contributed by atoms with E-state index in [1.54, 1.807) is 40.2 Å². The van der Waals surface area contributed by atoms with Gasteiger partial charge in [-0.05, 0) is 36.8 Å². The SMILES string of the molecule is C[C@H](c1ccc(-n2cncn2)cc1)n1cnc2cccnc2c1=O. The van der Waals surface area contributed by atoms with Gasteiger partial charge in [-0.3, -0.25) is 9.36 Å². The van der Waals surface area contributed by atoms with Crippen LogP contribution < -0.4 is 5.56 Å². The van der Waals surface area contributed by atoms with Crippen molar-refractivity contribution in [1.29, 1.82) is 0 Å². The van der Waals surface area contributed by atoms with Gasteiger partial charge in [-0.1, -0.05) is 12.1 Å². The summed E-state index contributed by atoms with van der Waals surface area (Å²) in [6, 6.07) is 11.2. The quantitative estimate of drug-likeness (QED) is 0.577. The van der Waals surface area contributed by atoms with Crippen molar-refractivity contribution in [3.8, 4) is 5.69 Å². The van der Waals surface area contributed by atoms with Crippen LogP contribution in [0.3, 0.4) is 0 Å². The molecule has 0 aliphatic heterocycles. The lowest BCUT2D eigenvalue weighted by molar-refractivity contribution is 0.607. The molecule has 0 radical (unpaired) electrons. The Morgan fingerprint density at radius 2 is 1.88 bits per heavy atom. The van der Waals surface area contributed by atoms with Gasteiger partial charge in [0.05, 0.1) is 23.6 Å². The fourth-order valence-corrected chi connectivity index (χ4v) is 2.65. The molecule has 7 nitrogen and oxygen atoms in total. The number of nitrogens with zero attached hydrogens (tertiary/aromatic N) is 6. The molecule has 3 aromatic heterocycles. The zero-order chi connectivity index (χ0) is 16.5. The number of fused-ring (bicyclic) bond motifs is 1. The lowest BCUT2D eigenvalue weighted by atomic mass is 10.1. The fourth-order valence-electron chi connectivity index (χ4n) is 2.65. The summed E-state index contributed by atoms with van der Waals surface area (Å²) in [4.78, 5) is 25.0. The first kappa shape index (κ1) is 14.3. The molecule has 118 valence electrons. The van der Waals surface area contributed by atoms with E-state index in [9.17, 15) is 4.79 Å². The molecule has 4 aromatic rings. The predicted octanol–water partition coefficient (Wildman–Crippen LogP) is 1.98. The normalized spacial score (nSPS) is 12.4. The first-order valence-corrected chi connectivity index (χ1v) is 7.51. The lowest BCUT2D eigenvalue weighted by Gasteiger charge is -2.15. The molecule has 0 aliphatic carbocycles. The third kappa shape index (κ3) is 2.36. The van der Waals surface area contributed by atoms with Crippen molar-refractivity contribution in [2.75, 3.05) is 0 Å². The van der Waals surface area contributed by atoms with Crippen molar-refractivity contribution < 1.29 is 0 Å². The van der Waals surface area contributed by atoms with Crippen molar-refractivity contribution >= 4 is 11.0 Å². The van der Waals surface area contributed by atoms with Gasteiger partial charge >= 0.3 is 0 Å². The number of pyridine rings is 1. The summed E-state index contributed by atoms with van der Waals surface area (Å²) in [5.41, 5.74) is 2.75. The summed E-state index contributed by atoms with van der Waals surface area (Å²) in [5, 5.41) is 4.10. The second-order valence-corrected chi connectivity index (χ2v) is 5.44. The van der Waals surface area contributed by atoms with Crippen LogP contribution >= 0.6 is 0 Å². The van der Waals surface area contributed by atoms with Gasteiger partial charge in [0.2, 0.25) is 0 Å². The Labute approximate surface area is 137 Å². The monoisotopic (exact) mass is 318 g/mol. The molecule has 7 heteroatoms. The molecule has 4 rings (SSSR count). The second-order valence-electron chi connectivity index (χ2n) is 5.44. The van der Waals surface area contributed by atoms with E-state index >= 15 is 0 Å².